The molecule has 5 aromatic rings. The third-order valence-electron chi connectivity index (χ3n) is 5.87. The summed E-state index contributed by atoms with van der Waals surface area (Å²) in [6.07, 6.45) is 8.98. The van der Waals surface area contributed by atoms with Gasteiger partial charge in [-0.1, -0.05) is 26.8 Å². The van der Waals surface area contributed by atoms with Crippen LogP contribution in [-0.2, 0) is 15.4 Å². The van der Waals surface area contributed by atoms with Gasteiger partial charge in [0.2, 0.25) is 0 Å². The Morgan fingerprint density at radius 2 is 1.69 bits per heavy atom. The second-order valence-electron chi connectivity index (χ2n) is 9.89. The fourth-order valence-electron chi connectivity index (χ4n) is 4.10. The van der Waals surface area contributed by atoms with Crippen LogP contribution in [0.1, 0.15) is 26.3 Å². The second kappa shape index (κ2) is 12.5. The van der Waals surface area contributed by atoms with Crippen molar-refractivity contribution in [3.63, 3.8) is 0 Å². The van der Waals surface area contributed by atoms with Gasteiger partial charge in [0, 0.05) is 47.0 Å². The third kappa shape index (κ3) is 6.72. The van der Waals surface area contributed by atoms with Crippen molar-refractivity contribution < 1.29 is 17.9 Å². The SMILES string of the molecule is CC(C)(C)c1cc(-c2ncccn2)c(S(=O)(=O)Nc2ccncn2)c(OCCOc2ncc(Br)cn2)c1-c1cccs1. The first-order valence-corrected chi connectivity index (χ1v) is 15.8. The first-order valence-electron chi connectivity index (χ1n) is 12.7. The number of hydrogen-bond donors (Lipinski definition) is 1. The van der Waals surface area contributed by atoms with E-state index in [2.05, 4.69) is 71.3 Å². The molecule has 0 saturated carbocycles. The summed E-state index contributed by atoms with van der Waals surface area (Å²) >= 11 is 4.78. The van der Waals surface area contributed by atoms with Gasteiger partial charge in [-0.15, -0.1) is 11.3 Å². The van der Waals surface area contributed by atoms with Crippen LogP contribution < -0.4 is 14.2 Å². The molecule has 0 saturated heterocycles. The van der Waals surface area contributed by atoms with Crippen LogP contribution in [0.3, 0.4) is 0 Å². The van der Waals surface area contributed by atoms with E-state index >= 15 is 0 Å². The molecule has 0 aliphatic heterocycles. The fraction of sp³-hybridized carbons (Fsp3) is 0.214. The Balaban J connectivity index is 1.70. The number of benzene rings is 1. The fourth-order valence-corrected chi connectivity index (χ4v) is 6.43. The van der Waals surface area contributed by atoms with E-state index < -0.39 is 15.4 Å². The van der Waals surface area contributed by atoms with Crippen molar-refractivity contribution >= 4 is 43.1 Å². The maximum absolute atomic E-state index is 14.2. The molecule has 0 spiro atoms. The van der Waals surface area contributed by atoms with Crippen molar-refractivity contribution in [3.8, 4) is 33.6 Å². The molecular weight excluding hydrogens is 642 g/mol. The predicted octanol–water partition coefficient (Wildman–Crippen LogP) is 5.77. The van der Waals surface area contributed by atoms with E-state index in [0.29, 0.717) is 10.0 Å². The summed E-state index contributed by atoms with van der Waals surface area (Å²) in [5.41, 5.74) is 1.39. The number of halogens is 1. The molecule has 0 radical (unpaired) electrons. The minimum absolute atomic E-state index is 0.00346. The van der Waals surface area contributed by atoms with E-state index in [1.165, 1.54) is 29.9 Å². The summed E-state index contributed by atoms with van der Waals surface area (Å²) < 4.78 is 43.8. The van der Waals surface area contributed by atoms with E-state index in [-0.39, 0.29) is 47.1 Å². The molecule has 0 amide bonds. The van der Waals surface area contributed by atoms with Gasteiger partial charge in [0.05, 0.1) is 4.47 Å². The van der Waals surface area contributed by atoms with Crippen LogP contribution >= 0.6 is 27.3 Å². The lowest BCUT2D eigenvalue weighted by Gasteiger charge is -2.28. The molecule has 14 heteroatoms. The third-order valence-corrected chi connectivity index (χ3v) is 8.58. The molecule has 0 fully saturated rings. The summed E-state index contributed by atoms with van der Waals surface area (Å²) in [6, 6.07) is 8.97. The molecule has 0 atom stereocenters. The molecule has 11 nitrogen and oxygen atoms in total. The maximum Gasteiger partial charge on any atom is 0.316 e. The van der Waals surface area contributed by atoms with Crippen LogP contribution in [-0.4, -0.2) is 51.5 Å². The Bertz CT molecular complexity index is 1750. The van der Waals surface area contributed by atoms with Crippen LogP contribution in [0.25, 0.3) is 21.8 Å². The van der Waals surface area contributed by atoms with Gasteiger partial charge in [0.25, 0.3) is 10.0 Å². The minimum Gasteiger partial charge on any atom is -0.488 e. The topological polar surface area (TPSA) is 142 Å². The molecule has 0 unspecified atom stereocenters. The number of ether oxygens (including phenoxy) is 2. The van der Waals surface area contributed by atoms with Gasteiger partial charge in [-0.3, -0.25) is 4.72 Å². The summed E-state index contributed by atoms with van der Waals surface area (Å²) in [5.74, 6) is 0.478. The zero-order valence-corrected chi connectivity index (χ0v) is 26.1. The van der Waals surface area contributed by atoms with Crippen LogP contribution in [0.4, 0.5) is 5.82 Å². The lowest BCUT2D eigenvalue weighted by Crippen LogP contribution is -2.21. The zero-order valence-electron chi connectivity index (χ0n) is 22.9. The van der Waals surface area contributed by atoms with Gasteiger partial charge in [0.1, 0.15) is 36.0 Å². The molecule has 1 N–H and O–H groups in total. The van der Waals surface area contributed by atoms with Gasteiger partial charge in [-0.25, -0.2) is 38.3 Å². The largest absolute Gasteiger partial charge is 0.488 e. The molecule has 216 valence electrons. The number of thiophene rings is 1. The average Bonchev–Trinajstić information content (AvgIpc) is 3.50. The van der Waals surface area contributed by atoms with Crippen molar-refractivity contribution in [2.24, 2.45) is 0 Å². The summed E-state index contributed by atoms with van der Waals surface area (Å²) in [6.45, 7) is 6.22. The van der Waals surface area contributed by atoms with E-state index in [0.717, 1.165) is 10.4 Å². The second-order valence-corrected chi connectivity index (χ2v) is 13.4. The van der Waals surface area contributed by atoms with Crippen molar-refractivity contribution in [1.82, 2.24) is 29.9 Å². The highest BCUT2D eigenvalue weighted by Gasteiger charge is 2.34. The lowest BCUT2D eigenvalue weighted by molar-refractivity contribution is 0.203. The minimum atomic E-state index is -4.30. The molecule has 0 bridgehead atoms. The number of anilines is 1. The lowest BCUT2D eigenvalue weighted by atomic mass is 9.81. The van der Waals surface area contributed by atoms with Crippen molar-refractivity contribution in [1.29, 1.82) is 0 Å². The Morgan fingerprint density at radius 1 is 0.952 bits per heavy atom. The summed E-state index contributed by atoms with van der Waals surface area (Å²) in [7, 11) is -4.30. The van der Waals surface area contributed by atoms with E-state index in [1.807, 2.05) is 23.6 Å². The number of nitrogens with one attached hydrogen (secondary N) is 1. The molecule has 5 rings (SSSR count). The van der Waals surface area contributed by atoms with Gasteiger partial charge < -0.3 is 9.47 Å². The number of nitrogens with zero attached hydrogens (tertiary/aromatic N) is 6. The molecule has 42 heavy (non-hydrogen) atoms. The Morgan fingerprint density at radius 3 is 2.33 bits per heavy atom. The van der Waals surface area contributed by atoms with Crippen LogP contribution in [0.2, 0.25) is 0 Å². The van der Waals surface area contributed by atoms with Crippen LogP contribution in [0.15, 0.2) is 82.4 Å². The molecular formula is C28H26BrN7O4S2. The monoisotopic (exact) mass is 667 g/mol. The Labute approximate surface area is 255 Å². The highest BCUT2D eigenvalue weighted by atomic mass is 79.9. The van der Waals surface area contributed by atoms with Crippen molar-refractivity contribution in [3.05, 3.63) is 83.1 Å². The normalized spacial score (nSPS) is 11.7. The molecule has 0 aliphatic rings. The van der Waals surface area contributed by atoms with Gasteiger partial charge >= 0.3 is 6.01 Å². The molecule has 1 aromatic carbocycles. The van der Waals surface area contributed by atoms with Crippen molar-refractivity contribution in [2.75, 3.05) is 17.9 Å². The molecule has 0 aliphatic carbocycles. The number of sulfonamides is 1. The Hall–Kier alpha value is -4.01. The average molecular weight is 669 g/mol. The van der Waals surface area contributed by atoms with E-state index in [4.69, 9.17) is 9.47 Å². The van der Waals surface area contributed by atoms with E-state index in [1.54, 1.807) is 30.9 Å². The highest BCUT2D eigenvalue weighted by molar-refractivity contribution is 9.10. The van der Waals surface area contributed by atoms with Gasteiger partial charge in [-0.2, -0.15) is 0 Å². The Kier molecular flexibility index (Phi) is 8.75. The zero-order chi connectivity index (χ0) is 29.7. The van der Waals surface area contributed by atoms with Crippen molar-refractivity contribution in [2.45, 2.75) is 31.1 Å². The quantitative estimate of drug-likeness (QED) is 0.182. The first-order chi connectivity index (χ1) is 20.1. The van der Waals surface area contributed by atoms with Crippen LogP contribution in [0, 0.1) is 0 Å². The smallest absolute Gasteiger partial charge is 0.316 e. The number of rotatable bonds is 10. The number of hydrogen-bond acceptors (Lipinski definition) is 11. The standard InChI is InChI=1S/C28H26BrN7O4S2/c1-28(2,3)20-14-19(26-31-8-5-9-32-26)25(42(37,38)36-22-7-10-30-17-35-22)24(23(20)21-6-4-13-41-21)39-11-12-40-27-33-15-18(29)16-34-27/h4-10,13-17H,11-12H2,1-3H3,(H,30,35,36). The molecule has 4 heterocycles. The van der Waals surface area contributed by atoms with Gasteiger partial charge in [-0.05, 0) is 56.6 Å². The molecule has 4 aromatic heterocycles. The first kappa shape index (κ1) is 29.5. The highest BCUT2D eigenvalue weighted by Crippen LogP contribution is 2.48. The summed E-state index contributed by atoms with van der Waals surface area (Å²) in [4.78, 5) is 25.7. The van der Waals surface area contributed by atoms with Gasteiger partial charge in [0.15, 0.2) is 5.82 Å². The predicted molar refractivity (Wildman–Crippen MR) is 163 cm³/mol. The number of aromatic nitrogens is 6. The van der Waals surface area contributed by atoms with E-state index in [9.17, 15) is 8.42 Å². The van der Waals surface area contributed by atoms with Crippen LogP contribution in [0.5, 0.6) is 11.8 Å². The maximum atomic E-state index is 14.2. The summed E-state index contributed by atoms with van der Waals surface area (Å²) in [5, 5.41) is 1.93.